The van der Waals surface area contributed by atoms with Gasteiger partial charge in [0.2, 0.25) is 0 Å². The van der Waals surface area contributed by atoms with E-state index in [0.717, 1.165) is 43.0 Å². The van der Waals surface area contributed by atoms with Crippen LogP contribution in [0.3, 0.4) is 0 Å². The minimum absolute atomic E-state index is 0.256. The van der Waals surface area contributed by atoms with Gasteiger partial charge in [-0.2, -0.15) is 0 Å². The van der Waals surface area contributed by atoms with Crippen molar-refractivity contribution in [3.8, 4) is 0 Å². The lowest BCUT2D eigenvalue weighted by molar-refractivity contribution is 0.253. The summed E-state index contributed by atoms with van der Waals surface area (Å²) >= 11 is 6.15. The molecule has 0 aromatic carbocycles. The number of aliphatic hydroxyl groups is 1. The molecule has 1 fully saturated rings. The van der Waals surface area contributed by atoms with Gasteiger partial charge in [0.25, 0.3) is 0 Å². The molecular formula is C14H22ClN3O. The SMILES string of the molecule is CCCc1nc(Cl)c(C)c(NCC2(CCO)CC2)n1. The van der Waals surface area contributed by atoms with E-state index in [2.05, 4.69) is 22.2 Å². The highest BCUT2D eigenvalue weighted by molar-refractivity contribution is 6.30. The maximum atomic E-state index is 9.08. The zero-order valence-electron chi connectivity index (χ0n) is 11.7. The summed E-state index contributed by atoms with van der Waals surface area (Å²) < 4.78 is 0. The van der Waals surface area contributed by atoms with E-state index in [9.17, 15) is 0 Å². The second-order valence-corrected chi connectivity index (χ2v) is 5.84. The van der Waals surface area contributed by atoms with Crippen LogP contribution in [-0.2, 0) is 6.42 Å². The lowest BCUT2D eigenvalue weighted by Gasteiger charge is -2.17. The first kappa shape index (κ1) is 14.5. The minimum Gasteiger partial charge on any atom is -0.396 e. The van der Waals surface area contributed by atoms with Gasteiger partial charge in [0.15, 0.2) is 0 Å². The Morgan fingerprint density at radius 2 is 2.11 bits per heavy atom. The van der Waals surface area contributed by atoms with Gasteiger partial charge in [-0.3, -0.25) is 0 Å². The lowest BCUT2D eigenvalue weighted by Crippen LogP contribution is -2.18. The van der Waals surface area contributed by atoms with Gasteiger partial charge in [-0.25, -0.2) is 9.97 Å². The fourth-order valence-electron chi connectivity index (χ4n) is 2.24. The van der Waals surface area contributed by atoms with Crippen LogP contribution in [0.2, 0.25) is 5.15 Å². The Morgan fingerprint density at radius 1 is 1.37 bits per heavy atom. The summed E-state index contributed by atoms with van der Waals surface area (Å²) in [6, 6.07) is 0. The second kappa shape index (κ2) is 6.06. The van der Waals surface area contributed by atoms with Crippen LogP contribution in [0.5, 0.6) is 0 Å². The third-order valence-corrected chi connectivity index (χ3v) is 4.20. The largest absolute Gasteiger partial charge is 0.396 e. The average Bonchev–Trinajstić information content (AvgIpc) is 3.13. The highest BCUT2D eigenvalue weighted by atomic mass is 35.5. The van der Waals surface area contributed by atoms with Gasteiger partial charge < -0.3 is 10.4 Å². The topological polar surface area (TPSA) is 58.0 Å². The molecule has 19 heavy (non-hydrogen) atoms. The molecule has 5 heteroatoms. The molecule has 0 amide bonds. The molecule has 106 valence electrons. The van der Waals surface area contributed by atoms with E-state index >= 15 is 0 Å². The monoisotopic (exact) mass is 283 g/mol. The summed E-state index contributed by atoms with van der Waals surface area (Å²) in [5.41, 5.74) is 1.17. The first-order valence-electron chi connectivity index (χ1n) is 6.98. The van der Waals surface area contributed by atoms with Crippen molar-refractivity contribution < 1.29 is 5.11 Å². The number of rotatable bonds is 7. The number of hydrogen-bond donors (Lipinski definition) is 2. The van der Waals surface area contributed by atoms with Crippen molar-refractivity contribution in [3.63, 3.8) is 0 Å². The van der Waals surface area contributed by atoms with E-state index in [1.54, 1.807) is 0 Å². The van der Waals surface area contributed by atoms with Gasteiger partial charge in [0.05, 0.1) is 0 Å². The Hall–Kier alpha value is -0.870. The molecule has 1 aromatic heterocycles. The molecule has 1 saturated carbocycles. The molecule has 0 radical (unpaired) electrons. The van der Waals surface area contributed by atoms with Gasteiger partial charge in [-0.05, 0) is 38.0 Å². The lowest BCUT2D eigenvalue weighted by atomic mass is 10.0. The van der Waals surface area contributed by atoms with Crippen molar-refractivity contribution in [2.24, 2.45) is 5.41 Å². The number of anilines is 1. The Labute approximate surface area is 119 Å². The Kier molecular flexibility index (Phi) is 4.63. The van der Waals surface area contributed by atoms with Crippen molar-refractivity contribution in [2.45, 2.75) is 46.0 Å². The maximum Gasteiger partial charge on any atom is 0.137 e. The summed E-state index contributed by atoms with van der Waals surface area (Å²) in [4.78, 5) is 8.84. The first-order valence-corrected chi connectivity index (χ1v) is 7.36. The number of halogens is 1. The second-order valence-electron chi connectivity index (χ2n) is 5.48. The summed E-state index contributed by atoms with van der Waals surface area (Å²) in [6.07, 6.45) is 5.07. The Morgan fingerprint density at radius 3 is 2.68 bits per heavy atom. The molecule has 0 saturated heterocycles. The van der Waals surface area contributed by atoms with E-state index in [-0.39, 0.29) is 12.0 Å². The molecule has 1 aromatic rings. The van der Waals surface area contributed by atoms with Crippen LogP contribution in [0.1, 0.15) is 44.0 Å². The molecule has 2 N–H and O–H groups in total. The van der Waals surface area contributed by atoms with Crippen molar-refractivity contribution in [3.05, 3.63) is 16.5 Å². The zero-order valence-corrected chi connectivity index (χ0v) is 12.4. The van der Waals surface area contributed by atoms with Gasteiger partial charge in [-0.1, -0.05) is 18.5 Å². The molecule has 2 rings (SSSR count). The molecule has 1 aliphatic rings. The van der Waals surface area contributed by atoms with Crippen LogP contribution >= 0.6 is 11.6 Å². The van der Waals surface area contributed by atoms with E-state index in [4.69, 9.17) is 16.7 Å². The Balaban J connectivity index is 2.06. The zero-order chi connectivity index (χ0) is 13.9. The van der Waals surface area contributed by atoms with Crippen molar-refractivity contribution in [1.82, 2.24) is 9.97 Å². The number of aromatic nitrogens is 2. The van der Waals surface area contributed by atoms with Crippen molar-refractivity contribution >= 4 is 17.4 Å². The van der Waals surface area contributed by atoms with Crippen LogP contribution in [-0.4, -0.2) is 28.2 Å². The highest BCUT2D eigenvalue weighted by Gasteiger charge is 2.41. The van der Waals surface area contributed by atoms with Crippen molar-refractivity contribution in [1.29, 1.82) is 0 Å². The molecule has 0 bridgehead atoms. The number of nitrogens with one attached hydrogen (secondary N) is 1. The summed E-state index contributed by atoms with van der Waals surface area (Å²) in [7, 11) is 0. The van der Waals surface area contributed by atoms with E-state index in [0.29, 0.717) is 5.15 Å². The minimum atomic E-state index is 0.256. The molecule has 4 nitrogen and oxygen atoms in total. The number of aliphatic hydroxyl groups excluding tert-OH is 1. The molecule has 0 unspecified atom stereocenters. The van der Waals surface area contributed by atoms with Gasteiger partial charge in [0, 0.05) is 25.1 Å². The maximum absolute atomic E-state index is 9.08. The number of hydrogen-bond acceptors (Lipinski definition) is 4. The normalized spacial score (nSPS) is 16.4. The van der Waals surface area contributed by atoms with Crippen molar-refractivity contribution in [2.75, 3.05) is 18.5 Å². The first-order chi connectivity index (χ1) is 9.10. The smallest absolute Gasteiger partial charge is 0.137 e. The molecule has 0 atom stereocenters. The fourth-order valence-corrected chi connectivity index (χ4v) is 2.43. The molecular weight excluding hydrogens is 262 g/mol. The van der Waals surface area contributed by atoms with Gasteiger partial charge in [-0.15, -0.1) is 0 Å². The third kappa shape index (κ3) is 3.57. The van der Waals surface area contributed by atoms with Crippen LogP contribution in [0, 0.1) is 12.3 Å². The summed E-state index contributed by atoms with van der Waals surface area (Å²) in [6.45, 7) is 5.15. The van der Waals surface area contributed by atoms with E-state index in [1.807, 2.05) is 6.92 Å². The van der Waals surface area contributed by atoms with Crippen LogP contribution in [0.25, 0.3) is 0 Å². The predicted octanol–water partition coefficient (Wildman–Crippen LogP) is 2.97. The van der Waals surface area contributed by atoms with Crippen LogP contribution < -0.4 is 5.32 Å². The standard InChI is InChI=1S/C14H22ClN3O/c1-3-4-11-17-12(15)10(2)13(18-11)16-9-14(5-6-14)7-8-19/h19H,3-9H2,1-2H3,(H,16,17,18). The third-order valence-electron chi connectivity index (χ3n) is 3.84. The van der Waals surface area contributed by atoms with Gasteiger partial charge >= 0.3 is 0 Å². The van der Waals surface area contributed by atoms with Crippen LogP contribution in [0.15, 0.2) is 0 Å². The quantitative estimate of drug-likeness (QED) is 0.756. The van der Waals surface area contributed by atoms with E-state index < -0.39 is 0 Å². The van der Waals surface area contributed by atoms with Crippen LogP contribution in [0.4, 0.5) is 5.82 Å². The molecule has 0 aliphatic heterocycles. The molecule has 1 heterocycles. The molecule has 1 aliphatic carbocycles. The summed E-state index contributed by atoms with van der Waals surface area (Å²) in [5.74, 6) is 1.64. The predicted molar refractivity (Wildman–Crippen MR) is 77.6 cm³/mol. The highest BCUT2D eigenvalue weighted by Crippen LogP contribution is 2.48. The Bertz CT molecular complexity index is 447. The average molecular weight is 284 g/mol. The number of nitrogens with zero attached hydrogens (tertiary/aromatic N) is 2. The fraction of sp³-hybridized carbons (Fsp3) is 0.714. The number of aryl methyl sites for hydroxylation is 1. The van der Waals surface area contributed by atoms with Gasteiger partial charge in [0.1, 0.15) is 16.8 Å². The van der Waals surface area contributed by atoms with E-state index in [1.165, 1.54) is 12.8 Å². The molecule has 0 spiro atoms. The summed E-state index contributed by atoms with van der Waals surface area (Å²) in [5, 5.41) is 13.0.